The lowest BCUT2D eigenvalue weighted by Gasteiger charge is -2.28. The molecule has 1 aliphatic heterocycles. The minimum atomic E-state index is -3.02. The van der Waals surface area contributed by atoms with Gasteiger partial charge in [0.05, 0.1) is 28.3 Å². The number of aromatic nitrogens is 2. The number of hydrogen-bond acceptors (Lipinski definition) is 5. The summed E-state index contributed by atoms with van der Waals surface area (Å²) in [7, 11) is -3.02. The molecule has 0 N–H and O–H groups in total. The Morgan fingerprint density at radius 2 is 1.97 bits per heavy atom. The maximum atomic E-state index is 13.2. The first kappa shape index (κ1) is 22.6. The van der Waals surface area contributed by atoms with E-state index in [0.717, 1.165) is 41.9 Å². The first-order chi connectivity index (χ1) is 15.0. The van der Waals surface area contributed by atoms with Gasteiger partial charge in [0, 0.05) is 18.6 Å². The number of unbranched alkanes of at least 4 members (excludes halogenated alkanes) is 1. The number of rotatable bonds is 8. The van der Waals surface area contributed by atoms with Crippen LogP contribution in [0.3, 0.4) is 0 Å². The van der Waals surface area contributed by atoms with Gasteiger partial charge in [0.25, 0.3) is 0 Å². The molecule has 2 aliphatic rings. The topological polar surface area (TPSA) is 72.3 Å². The molecule has 1 aromatic carbocycles. The third-order valence-electron chi connectivity index (χ3n) is 6.55. The number of fused-ring (bicyclic) bond motifs is 1. The van der Waals surface area contributed by atoms with Gasteiger partial charge in [0.1, 0.15) is 0 Å². The molecule has 1 amide bonds. The van der Waals surface area contributed by atoms with Crippen LogP contribution >= 0.6 is 11.8 Å². The average Bonchev–Trinajstić information content (AvgIpc) is 3.32. The van der Waals surface area contributed by atoms with Crippen molar-refractivity contribution in [1.29, 1.82) is 0 Å². The molecule has 1 saturated carbocycles. The molecule has 8 heteroatoms. The highest BCUT2D eigenvalue weighted by Crippen LogP contribution is 2.35. The SMILES string of the molecule is CCCCN(C(=O)CSc1nc2ccccc2n1C1CCCCC1)C1CCS(=O)(=O)C1. The van der Waals surface area contributed by atoms with Gasteiger partial charge in [-0.3, -0.25) is 4.79 Å². The van der Waals surface area contributed by atoms with Crippen molar-refractivity contribution >= 4 is 38.5 Å². The molecule has 31 heavy (non-hydrogen) atoms. The zero-order chi connectivity index (χ0) is 21.8. The Bertz CT molecular complexity index is 1010. The number of sulfone groups is 1. The second-order valence-electron chi connectivity index (χ2n) is 8.83. The second kappa shape index (κ2) is 9.94. The lowest BCUT2D eigenvalue weighted by molar-refractivity contribution is -0.130. The number of benzene rings is 1. The molecular formula is C23H33N3O3S2. The Morgan fingerprint density at radius 3 is 2.68 bits per heavy atom. The van der Waals surface area contributed by atoms with Crippen LogP contribution < -0.4 is 0 Å². The zero-order valence-electron chi connectivity index (χ0n) is 18.3. The van der Waals surface area contributed by atoms with Crippen LogP contribution in [0.1, 0.15) is 64.3 Å². The van der Waals surface area contributed by atoms with Gasteiger partial charge >= 0.3 is 0 Å². The summed E-state index contributed by atoms with van der Waals surface area (Å²) in [6, 6.07) is 8.48. The van der Waals surface area contributed by atoms with Crippen molar-refractivity contribution < 1.29 is 13.2 Å². The fourth-order valence-electron chi connectivity index (χ4n) is 4.89. The Morgan fingerprint density at radius 1 is 1.19 bits per heavy atom. The minimum Gasteiger partial charge on any atom is -0.338 e. The van der Waals surface area contributed by atoms with Gasteiger partial charge in [-0.2, -0.15) is 0 Å². The first-order valence-electron chi connectivity index (χ1n) is 11.6. The van der Waals surface area contributed by atoms with Crippen LogP contribution in [-0.4, -0.2) is 58.6 Å². The van der Waals surface area contributed by atoms with E-state index < -0.39 is 9.84 Å². The van der Waals surface area contributed by atoms with Gasteiger partial charge in [-0.25, -0.2) is 13.4 Å². The maximum Gasteiger partial charge on any atom is 0.233 e. The molecule has 2 aromatic rings. The fourth-order valence-corrected chi connectivity index (χ4v) is 7.58. The summed E-state index contributed by atoms with van der Waals surface area (Å²) in [4.78, 5) is 19.9. The van der Waals surface area contributed by atoms with Crippen molar-refractivity contribution in [2.75, 3.05) is 23.8 Å². The molecule has 0 radical (unpaired) electrons. The Hall–Kier alpha value is -1.54. The van der Waals surface area contributed by atoms with Crippen molar-refractivity contribution in [3.05, 3.63) is 24.3 Å². The van der Waals surface area contributed by atoms with Gasteiger partial charge < -0.3 is 9.47 Å². The molecule has 2 fully saturated rings. The summed E-state index contributed by atoms with van der Waals surface area (Å²) in [5.74, 6) is 0.630. The largest absolute Gasteiger partial charge is 0.338 e. The smallest absolute Gasteiger partial charge is 0.233 e. The van der Waals surface area contributed by atoms with Gasteiger partial charge in [0.15, 0.2) is 15.0 Å². The van der Waals surface area contributed by atoms with E-state index in [1.54, 1.807) is 0 Å². The van der Waals surface area contributed by atoms with E-state index in [2.05, 4.69) is 23.6 Å². The van der Waals surface area contributed by atoms with Crippen LogP contribution in [0, 0.1) is 0 Å². The summed E-state index contributed by atoms with van der Waals surface area (Å²) in [6.45, 7) is 2.73. The Kier molecular flexibility index (Phi) is 7.26. The highest BCUT2D eigenvalue weighted by molar-refractivity contribution is 7.99. The molecule has 0 bridgehead atoms. The van der Waals surface area contributed by atoms with Gasteiger partial charge in [0.2, 0.25) is 5.91 Å². The molecule has 1 aliphatic carbocycles. The van der Waals surface area contributed by atoms with Crippen LogP contribution in [0.5, 0.6) is 0 Å². The van der Waals surface area contributed by atoms with Crippen molar-refractivity contribution in [3.8, 4) is 0 Å². The number of carbonyl (C=O) groups is 1. The van der Waals surface area contributed by atoms with E-state index in [1.165, 1.54) is 31.0 Å². The van der Waals surface area contributed by atoms with Crippen molar-refractivity contribution in [2.24, 2.45) is 0 Å². The maximum absolute atomic E-state index is 13.2. The Labute approximate surface area is 189 Å². The number of para-hydroxylation sites is 2. The van der Waals surface area contributed by atoms with Crippen LogP contribution in [0.15, 0.2) is 29.4 Å². The third kappa shape index (κ3) is 5.28. The van der Waals surface area contributed by atoms with E-state index in [-0.39, 0.29) is 23.5 Å². The lowest BCUT2D eigenvalue weighted by atomic mass is 9.95. The van der Waals surface area contributed by atoms with Gasteiger partial charge in [-0.1, -0.05) is 56.5 Å². The van der Waals surface area contributed by atoms with Crippen molar-refractivity contribution in [2.45, 2.75) is 75.5 Å². The summed E-state index contributed by atoms with van der Waals surface area (Å²) in [5, 5.41) is 0.913. The monoisotopic (exact) mass is 463 g/mol. The third-order valence-corrected chi connectivity index (χ3v) is 9.24. The summed E-state index contributed by atoms with van der Waals surface area (Å²) >= 11 is 1.51. The first-order valence-corrected chi connectivity index (χ1v) is 14.4. The quantitative estimate of drug-likeness (QED) is 0.541. The molecule has 1 unspecified atom stereocenters. The molecule has 1 aromatic heterocycles. The predicted molar refractivity (Wildman–Crippen MR) is 126 cm³/mol. The van der Waals surface area contributed by atoms with E-state index in [1.807, 2.05) is 17.0 Å². The minimum absolute atomic E-state index is 0.0304. The highest BCUT2D eigenvalue weighted by Gasteiger charge is 2.34. The molecule has 2 heterocycles. The van der Waals surface area contributed by atoms with E-state index in [4.69, 9.17) is 4.98 Å². The molecule has 6 nitrogen and oxygen atoms in total. The number of imidazole rings is 1. The number of hydrogen-bond donors (Lipinski definition) is 0. The number of amides is 1. The molecular weight excluding hydrogens is 430 g/mol. The zero-order valence-corrected chi connectivity index (χ0v) is 20.0. The van der Waals surface area contributed by atoms with Gasteiger partial charge in [-0.05, 0) is 37.8 Å². The second-order valence-corrected chi connectivity index (χ2v) is 12.0. The van der Waals surface area contributed by atoms with Crippen molar-refractivity contribution in [3.63, 3.8) is 0 Å². The number of thioether (sulfide) groups is 1. The fraction of sp³-hybridized carbons (Fsp3) is 0.652. The highest BCUT2D eigenvalue weighted by atomic mass is 32.2. The normalized spacial score (nSPS) is 21.5. The van der Waals surface area contributed by atoms with Crippen LogP contribution in [0.4, 0.5) is 0 Å². The molecule has 4 rings (SSSR count). The average molecular weight is 464 g/mol. The summed E-state index contributed by atoms with van der Waals surface area (Å²) in [5.41, 5.74) is 2.13. The molecule has 1 saturated heterocycles. The predicted octanol–water partition coefficient (Wildman–Crippen LogP) is 4.45. The standard InChI is InChI=1S/C23H33N3O3S2/c1-2-3-14-25(19-13-15-31(28,29)17-19)22(27)16-30-23-24-20-11-7-8-12-21(20)26(23)18-9-5-4-6-10-18/h7-8,11-12,18-19H,2-6,9-10,13-17H2,1H3. The molecule has 0 spiro atoms. The molecule has 1 atom stereocenters. The Balaban J connectivity index is 1.52. The van der Waals surface area contributed by atoms with Gasteiger partial charge in [-0.15, -0.1) is 0 Å². The van der Waals surface area contributed by atoms with E-state index in [0.29, 0.717) is 24.8 Å². The van der Waals surface area contributed by atoms with E-state index >= 15 is 0 Å². The van der Waals surface area contributed by atoms with Crippen LogP contribution in [0.2, 0.25) is 0 Å². The number of nitrogens with zero attached hydrogens (tertiary/aromatic N) is 3. The summed E-state index contributed by atoms with van der Waals surface area (Å²) in [6.07, 6.45) is 8.52. The lowest BCUT2D eigenvalue weighted by Crippen LogP contribution is -2.42. The summed E-state index contributed by atoms with van der Waals surface area (Å²) < 4.78 is 26.3. The van der Waals surface area contributed by atoms with Crippen molar-refractivity contribution in [1.82, 2.24) is 14.5 Å². The number of carbonyl (C=O) groups excluding carboxylic acids is 1. The molecule has 170 valence electrons. The van der Waals surface area contributed by atoms with Crippen LogP contribution in [0.25, 0.3) is 11.0 Å². The van der Waals surface area contributed by atoms with E-state index in [9.17, 15) is 13.2 Å². The van der Waals surface area contributed by atoms with Crippen LogP contribution in [-0.2, 0) is 14.6 Å².